The van der Waals surface area contributed by atoms with Crippen LogP contribution in [0, 0.1) is 11.3 Å². The maximum atomic E-state index is 12.5. The highest BCUT2D eigenvalue weighted by Gasteiger charge is 2.33. The number of benzene rings is 1. The Labute approximate surface area is 212 Å². The van der Waals surface area contributed by atoms with Crippen molar-refractivity contribution in [1.29, 1.82) is 5.26 Å². The van der Waals surface area contributed by atoms with Crippen LogP contribution in [0.1, 0.15) is 53.7 Å². The van der Waals surface area contributed by atoms with Crippen LogP contribution in [0.3, 0.4) is 0 Å². The van der Waals surface area contributed by atoms with Crippen molar-refractivity contribution in [1.82, 2.24) is 14.9 Å². The molecule has 2 aliphatic rings. The smallest absolute Gasteiger partial charge is 0.277 e. The van der Waals surface area contributed by atoms with Gasteiger partial charge in [0.2, 0.25) is 5.91 Å². The van der Waals surface area contributed by atoms with Crippen LogP contribution in [0.15, 0.2) is 30.3 Å². The molecule has 4 rings (SSSR count). The molecule has 190 valence electrons. The largest absolute Gasteiger partial charge is 0.384 e. The van der Waals surface area contributed by atoms with E-state index in [1.807, 2.05) is 30.0 Å². The lowest BCUT2D eigenvalue weighted by Gasteiger charge is -2.41. The molecule has 9 heteroatoms. The Kier molecular flexibility index (Phi) is 7.87. The van der Waals surface area contributed by atoms with Crippen molar-refractivity contribution in [3.05, 3.63) is 47.2 Å². The van der Waals surface area contributed by atoms with E-state index in [1.54, 1.807) is 26.3 Å². The minimum absolute atomic E-state index is 0.0100. The number of nitrogens with zero attached hydrogens (tertiary/aromatic N) is 5. The number of carbonyl (C=O) groups excluding carboxylic acids is 2. The second kappa shape index (κ2) is 11.1. The number of methoxy groups -OCH3 is 1. The maximum Gasteiger partial charge on any atom is 0.277 e. The molecule has 1 aliphatic heterocycles. The first-order valence-corrected chi connectivity index (χ1v) is 12.3. The van der Waals surface area contributed by atoms with Crippen LogP contribution >= 0.6 is 0 Å². The minimum Gasteiger partial charge on any atom is -0.384 e. The Hall–Kier alpha value is -3.48. The first kappa shape index (κ1) is 25.6. The average Bonchev–Trinajstić information content (AvgIpc) is 3.75. The van der Waals surface area contributed by atoms with E-state index in [1.165, 1.54) is 12.2 Å². The third-order valence-electron chi connectivity index (χ3n) is 6.89. The molecular formula is C27H33N5O4. The number of nitriles is 1. The monoisotopic (exact) mass is 491 g/mol. The fraction of sp³-hybridized carbons (Fsp3) is 0.481. The molecule has 1 saturated heterocycles. The van der Waals surface area contributed by atoms with Gasteiger partial charge in [-0.2, -0.15) is 5.26 Å². The van der Waals surface area contributed by atoms with Crippen molar-refractivity contribution in [2.45, 2.75) is 38.1 Å². The molecule has 9 nitrogen and oxygen atoms in total. The van der Waals surface area contributed by atoms with Gasteiger partial charge in [-0.15, -0.1) is 0 Å². The molecule has 2 aromatic rings. The summed E-state index contributed by atoms with van der Waals surface area (Å²) in [4.78, 5) is 39.0. The molecule has 2 fully saturated rings. The first-order valence-electron chi connectivity index (χ1n) is 12.3. The molecule has 36 heavy (non-hydrogen) atoms. The highest BCUT2D eigenvalue weighted by molar-refractivity contribution is 5.94. The molecule has 1 saturated carbocycles. The van der Waals surface area contributed by atoms with Crippen molar-refractivity contribution >= 4 is 17.6 Å². The number of piperazine rings is 1. The molecule has 0 unspecified atom stereocenters. The van der Waals surface area contributed by atoms with Crippen LogP contribution in [-0.4, -0.2) is 80.3 Å². The van der Waals surface area contributed by atoms with Crippen molar-refractivity contribution in [2.75, 3.05) is 52.4 Å². The van der Waals surface area contributed by atoms with E-state index < -0.39 is 0 Å². The highest BCUT2D eigenvalue weighted by Crippen LogP contribution is 2.45. The number of amides is 2. The first-order chi connectivity index (χ1) is 17.4. The van der Waals surface area contributed by atoms with Gasteiger partial charge in [-0.1, -0.05) is 12.1 Å². The predicted octanol–water partition coefficient (Wildman–Crippen LogP) is 3.20. The summed E-state index contributed by atoms with van der Waals surface area (Å²) in [7, 11) is 4.61. The van der Waals surface area contributed by atoms with Gasteiger partial charge in [0, 0.05) is 56.9 Å². The molecule has 2 amide bonds. The van der Waals surface area contributed by atoms with Crippen molar-refractivity contribution in [2.24, 2.45) is 0 Å². The zero-order chi connectivity index (χ0) is 25.8. The second-order valence-electron chi connectivity index (χ2n) is 9.37. The van der Waals surface area contributed by atoms with Gasteiger partial charge in [0.05, 0.1) is 31.4 Å². The predicted molar refractivity (Wildman–Crippen MR) is 135 cm³/mol. The van der Waals surface area contributed by atoms with Crippen molar-refractivity contribution in [3.8, 4) is 17.2 Å². The summed E-state index contributed by atoms with van der Waals surface area (Å²) < 4.78 is 5.05. The summed E-state index contributed by atoms with van der Waals surface area (Å²) in [6.07, 6.45) is 2.51. The second-order valence-corrected chi connectivity index (χ2v) is 9.37. The van der Waals surface area contributed by atoms with Gasteiger partial charge >= 0.3 is 0 Å². The lowest BCUT2D eigenvalue weighted by molar-refractivity contribution is -0.134. The maximum absolute atomic E-state index is 12.5. The van der Waals surface area contributed by atoms with E-state index >= 15 is 0 Å². The van der Waals surface area contributed by atoms with Gasteiger partial charge in [0.25, 0.3) is 5.91 Å². The number of hydrogen-bond acceptors (Lipinski definition) is 7. The molecule has 0 spiro atoms. The lowest BCUT2D eigenvalue weighted by Crippen LogP contribution is -2.54. The number of hydrogen-bond donors (Lipinski definition) is 0. The average molecular weight is 492 g/mol. The number of ether oxygens (including phenoxy) is 1. The van der Waals surface area contributed by atoms with Crippen LogP contribution in [0.5, 0.6) is 0 Å². The van der Waals surface area contributed by atoms with Crippen LogP contribution in [0.2, 0.25) is 0 Å². The Morgan fingerprint density at radius 1 is 1.19 bits per heavy atom. The molecule has 1 aliphatic carbocycles. The number of pyridine rings is 1. The van der Waals surface area contributed by atoms with Crippen LogP contribution in [-0.2, 0) is 14.4 Å². The molecule has 0 radical (unpaired) electrons. The van der Waals surface area contributed by atoms with E-state index in [0.29, 0.717) is 55.5 Å². The zero-order valence-corrected chi connectivity index (χ0v) is 21.4. The van der Waals surface area contributed by atoms with Gasteiger partial charge in [0.15, 0.2) is 0 Å². The number of anilines is 1. The summed E-state index contributed by atoms with van der Waals surface area (Å²) in [6.45, 7) is 4.27. The molecule has 2 heterocycles. The summed E-state index contributed by atoms with van der Waals surface area (Å²) >= 11 is 0. The Morgan fingerprint density at radius 2 is 1.92 bits per heavy atom. The molecule has 1 atom stereocenters. The Balaban J connectivity index is 1.61. The van der Waals surface area contributed by atoms with Crippen LogP contribution < -0.4 is 4.90 Å². The summed E-state index contributed by atoms with van der Waals surface area (Å²) in [5.74, 6) is 0.908. The number of hydroxylamine groups is 2. The molecule has 0 N–H and O–H groups in total. The SMILES string of the molecule is COCCC(=O)N1CCN(c2nc(C3CC3)c(-c3ccc(C(=O)N(C)OC)cc3)cc2C#N)C[C@H]1C. The van der Waals surface area contributed by atoms with Gasteiger partial charge in [-0.25, -0.2) is 10.0 Å². The van der Waals surface area contributed by atoms with Gasteiger partial charge < -0.3 is 14.5 Å². The molecule has 1 aromatic heterocycles. The van der Waals surface area contributed by atoms with E-state index in [-0.39, 0.29) is 17.9 Å². The standard InChI is InChI=1S/C27H33N5O4/c1-18-17-31(12-13-32(18)24(33)11-14-35-3)26-22(16-28)15-23(25(29-26)20-7-8-20)19-5-9-21(10-6-19)27(34)30(2)36-4/h5-6,9-10,15,18,20H,7-8,11-14,17H2,1-4H3/t18-/m1/s1. The summed E-state index contributed by atoms with van der Waals surface area (Å²) in [5, 5.41) is 11.2. The molecule has 0 bridgehead atoms. The number of rotatable bonds is 8. The fourth-order valence-corrected chi connectivity index (χ4v) is 4.65. The van der Waals surface area contributed by atoms with Crippen LogP contribution in [0.4, 0.5) is 5.82 Å². The zero-order valence-electron chi connectivity index (χ0n) is 21.4. The Morgan fingerprint density at radius 3 is 2.50 bits per heavy atom. The summed E-state index contributed by atoms with van der Waals surface area (Å²) in [6, 6.07) is 11.6. The van der Waals surface area contributed by atoms with Crippen LogP contribution in [0.25, 0.3) is 11.1 Å². The highest BCUT2D eigenvalue weighted by atomic mass is 16.7. The van der Waals surface area contributed by atoms with E-state index in [2.05, 4.69) is 11.0 Å². The number of carbonyl (C=O) groups is 2. The quantitative estimate of drug-likeness (QED) is 0.523. The van der Waals surface area contributed by atoms with E-state index in [0.717, 1.165) is 29.7 Å². The molecule has 1 aromatic carbocycles. The normalized spacial score (nSPS) is 17.6. The number of aromatic nitrogens is 1. The topological polar surface area (TPSA) is 99.0 Å². The minimum atomic E-state index is -0.230. The Bertz CT molecular complexity index is 1160. The van der Waals surface area contributed by atoms with E-state index in [4.69, 9.17) is 14.6 Å². The third kappa shape index (κ3) is 5.35. The van der Waals surface area contributed by atoms with Gasteiger partial charge in [-0.3, -0.25) is 14.4 Å². The third-order valence-corrected chi connectivity index (χ3v) is 6.89. The lowest BCUT2D eigenvalue weighted by atomic mass is 9.98. The summed E-state index contributed by atoms with van der Waals surface area (Å²) in [5.41, 5.74) is 3.88. The van der Waals surface area contributed by atoms with Crippen molar-refractivity contribution < 1.29 is 19.2 Å². The molecular weight excluding hydrogens is 458 g/mol. The fourth-order valence-electron chi connectivity index (χ4n) is 4.65. The van der Waals surface area contributed by atoms with E-state index in [9.17, 15) is 14.9 Å². The van der Waals surface area contributed by atoms with Gasteiger partial charge in [0.1, 0.15) is 11.9 Å². The van der Waals surface area contributed by atoms with Gasteiger partial charge in [-0.05, 0) is 43.5 Å². The van der Waals surface area contributed by atoms with Crippen molar-refractivity contribution in [3.63, 3.8) is 0 Å².